The molecule has 0 saturated heterocycles. The second kappa shape index (κ2) is 30.1. The van der Waals surface area contributed by atoms with Crippen LogP contribution in [0.25, 0.3) is 56.7 Å². The van der Waals surface area contributed by atoms with Crippen molar-refractivity contribution in [3.8, 4) is 22.8 Å². The minimum atomic E-state index is -1.19. The molecule has 0 bridgehead atoms. The summed E-state index contributed by atoms with van der Waals surface area (Å²) in [6.07, 6.45) is 23.2. The first kappa shape index (κ1) is 63.1. The maximum atomic E-state index is 12.4. The number of esters is 2. The maximum Gasteiger partial charge on any atom is 1.00 e. The Morgan fingerprint density at radius 2 is 1.16 bits per heavy atom. The molecule has 8 rings (SSSR count). The third-order valence-corrected chi connectivity index (χ3v) is 18.1. The number of imidazole rings is 2. The van der Waals surface area contributed by atoms with Crippen LogP contribution in [0.3, 0.4) is 0 Å². The van der Waals surface area contributed by atoms with Crippen molar-refractivity contribution in [3.63, 3.8) is 0 Å². The second-order valence-electron chi connectivity index (χ2n) is 22.2. The Labute approximate surface area is 507 Å². The Bertz CT molecular complexity index is 2920. The number of nitrogens with one attached hydrogen (secondary N) is 1. The fraction of sp³-hybridized carbons (Fsp3) is 0.467. The van der Waals surface area contributed by atoms with Gasteiger partial charge in [-0.3, -0.25) is 0 Å². The van der Waals surface area contributed by atoms with E-state index < -0.39 is 16.1 Å². The summed E-state index contributed by atoms with van der Waals surface area (Å²) in [6, 6.07) is 14.0. The number of fused-ring (bicyclic) bond motifs is 2. The molecule has 1 N–H and O–H groups in total. The van der Waals surface area contributed by atoms with Crippen LogP contribution in [0.1, 0.15) is 121 Å². The molecule has 4 heterocycles. The SMILES string of the molecule is C=CCBr.C=CCn1c(-c2c(C=C)ncn2COCC[Si](C)(C)C)c(C2CCCCC2)c2ccc(C(=O)OC)cc21.C=Cc1ncn(COCC[Si](C)(C)C)c1-c1[nH]c2cc(C(=O)OC)ccc2c1C1CCCCC1.[H-].[K+]. The van der Waals surface area contributed by atoms with Crippen molar-refractivity contribution >= 4 is 78.0 Å². The van der Waals surface area contributed by atoms with Crippen LogP contribution in [-0.2, 0) is 39.0 Å². The van der Waals surface area contributed by atoms with E-state index in [1.165, 1.54) is 82.1 Å². The number of carbonyl (C=O) groups excluding carboxylic acids is 2. The van der Waals surface area contributed by atoms with E-state index in [9.17, 15) is 9.59 Å². The van der Waals surface area contributed by atoms with Gasteiger partial charge < -0.3 is 39.1 Å². The number of alkyl halides is 1. The van der Waals surface area contributed by atoms with Crippen molar-refractivity contribution in [2.45, 2.75) is 147 Å². The molecule has 0 atom stereocenters. The number of aromatic nitrogens is 6. The standard InChI is InChI=1S/C30H41N3O3Si.C27H37N3O3Si.C3H5Br.K.H/c1-7-16-33-26-19-23(30(34)35-3)14-15-24(26)27(22-12-10-9-11-13-22)29(33)28-25(8-2)31-20-32(28)21-36-17-18-37(4,5)6;1-6-22-26(30(17-28-22)18-33-14-15-34(3,4)5)25-24(19-10-8-7-9-11-19)21-13-12-20(27(31)32-2)16-23(21)29-25;1-2-3-4;;/h7-8,14-15,19-20,22H,1-2,9-13,16-18,21H2,3-6H3;6,12-13,16-17,19,29H,1,7-11,14-15,18H2,2-5H3;2H,1,3H2;;/q;;;+1;-1. The van der Waals surface area contributed by atoms with Gasteiger partial charge in [0, 0.05) is 63.0 Å². The van der Waals surface area contributed by atoms with Crippen molar-refractivity contribution in [3.05, 3.63) is 121 Å². The molecule has 0 aliphatic heterocycles. The first-order valence-electron chi connectivity index (χ1n) is 26.8. The third kappa shape index (κ3) is 16.2. The van der Waals surface area contributed by atoms with Crippen LogP contribution < -0.4 is 51.4 Å². The zero-order valence-electron chi connectivity index (χ0n) is 48.2. The van der Waals surface area contributed by atoms with Crippen LogP contribution in [0, 0.1) is 0 Å². The van der Waals surface area contributed by atoms with E-state index in [1.807, 2.05) is 55.1 Å². The molecule has 2 fully saturated rings. The summed E-state index contributed by atoms with van der Waals surface area (Å²) in [6.45, 7) is 32.7. The predicted octanol–water partition coefficient (Wildman–Crippen LogP) is 13.0. The number of allylic oxidation sites excluding steroid dienone is 2. The number of hydrogen-bond acceptors (Lipinski definition) is 8. The summed E-state index contributed by atoms with van der Waals surface area (Å²) in [5, 5.41) is 3.24. The topological polar surface area (TPSA) is 127 Å². The fourth-order valence-electron chi connectivity index (χ4n) is 10.4. The Hall–Kier alpha value is -3.69. The Kier molecular flexibility index (Phi) is 25.0. The summed E-state index contributed by atoms with van der Waals surface area (Å²) in [4.78, 5) is 37.6. The van der Waals surface area contributed by atoms with Gasteiger partial charge >= 0.3 is 63.3 Å². The number of nitrogens with zero attached hydrogens (tertiary/aromatic N) is 5. The minimum absolute atomic E-state index is 0. The predicted molar refractivity (Wildman–Crippen MR) is 321 cm³/mol. The normalized spacial score (nSPS) is 14.2. The monoisotopic (exact) mass is 1160 g/mol. The van der Waals surface area contributed by atoms with Gasteiger partial charge in [-0.15, -0.1) is 13.2 Å². The Balaban J connectivity index is 0.000000304. The molecule has 406 valence electrons. The molecule has 16 heteroatoms. The average Bonchev–Trinajstić information content (AvgIpc) is 4.19. The van der Waals surface area contributed by atoms with Crippen molar-refractivity contribution in [2.75, 3.05) is 32.8 Å². The van der Waals surface area contributed by atoms with Crippen molar-refractivity contribution in [2.24, 2.45) is 0 Å². The van der Waals surface area contributed by atoms with E-state index in [4.69, 9.17) is 23.9 Å². The largest absolute Gasteiger partial charge is 1.00 e. The molecular formula is C60H84BrKN6O6Si2. The Morgan fingerprint density at radius 3 is 1.63 bits per heavy atom. The van der Waals surface area contributed by atoms with E-state index in [2.05, 4.69) is 117 Å². The molecule has 0 amide bonds. The second-order valence-corrected chi connectivity index (χ2v) is 34.1. The van der Waals surface area contributed by atoms with Crippen LogP contribution >= 0.6 is 15.9 Å². The number of hydrogen-bond donors (Lipinski definition) is 1. The van der Waals surface area contributed by atoms with Crippen molar-refractivity contribution in [1.82, 2.24) is 28.7 Å². The molecule has 2 aliphatic rings. The zero-order chi connectivity index (χ0) is 54.3. The number of halogens is 1. The number of carbonyl (C=O) groups is 2. The molecule has 6 aromatic rings. The van der Waals surface area contributed by atoms with E-state index in [1.54, 1.807) is 6.08 Å². The van der Waals surface area contributed by atoms with Gasteiger partial charge in [-0.05, 0) is 97.2 Å². The van der Waals surface area contributed by atoms with E-state index in [-0.39, 0.29) is 64.7 Å². The van der Waals surface area contributed by atoms with Crippen molar-refractivity contribution < 1.29 is 81.3 Å². The number of ether oxygens (including phenoxy) is 4. The molecule has 76 heavy (non-hydrogen) atoms. The summed E-state index contributed by atoms with van der Waals surface area (Å²) < 4.78 is 28.7. The van der Waals surface area contributed by atoms with Gasteiger partial charge in [0.15, 0.2) is 0 Å². The van der Waals surface area contributed by atoms with Crippen molar-refractivity contribution in [1.29, 1.82) is 0 Å². The molecule has 2 aliphatic carbocycles. The molecule has 0 radical (unpaired) electrons. The summed E-state index contributed by atoms with van der Waals surface area (Å²) >= 11 is 3.13. The number of methoxy groups -OCH3 is 2. The first-order valence-corrected chi connectivity index (χ1v) is 35.3. The van der Waals surface area contributed by atoms with Crippen LogP contribution in [0.2, 0.25) is 51.4 Å². The van der Waals surface area contributed by atoms with Crippen LogP contribution in [0.15, 0.2) is 87.5 Å². The zero-order valence-corrected chi connectivity index (χ0v) is 53.9. The van der Waals surface area contributed by atoms with Gasteiger partial charge in [-0.25, -0.2) is 19.6 Å². The molecule has 12 nitrogen and oxygen atoms in total. The van der Waals surface area contributed by atoms with Gasteiger partial charge in [0.25, 0.3) is 0 Å². The molecule has 4 aromatic heterocycles. The Morgan fingerprint density at radius 1 is 0.684 bits per heavy atom. The maximum absolute atomic E-state index is 12.4. The minimum Gasteiger partial charge on any atom is -1.00 e. The van der Waals surface area contributed by atoms with Gasteiger partial charge in [-0.1, -0.05) is 131 Å². The number of rotatable bonds is 21. The number of aromatic amines is 1. The van der Waals surface area contributed by atoms with Gasteiger partial charge in [0.05, 0.1) is 72.2 Å². The fourth-order valence-corrected chi connectivity index (χ4v) is 11.9. The summed E-state index contributed by atoms with van der Waals surface area (Å²) in [5.74, 6) is 0.247. The molecule has 0 unspecified atom stereocenters. The van der Waals surface area contributed by atoms with Crippen LogP contribution in [-0.4, -0.2) is 89.5 Å². The molecule has 2 saturated carbocycles. The summed E-state index contributed by atoms with van der Waals surface area (Å²) in [7, 11) is 0.494. The van der Waals surface area contributed by atoms with Gasteiger partial charge in [0.1, 0.15) is 13.5 Å². The quantitative estimate of drug-likeness (QED) is 0.0248. The third-order valence-electron chi connectivity index (χ3n) is 14.3. The summed E-state index contributed by atoms with van der Waals surface area (Å²) in [5.41, 5.74) is 11.6. The number of H-pyrrole nitrogens is 1. The first-order chi connectivity index (χ1) is 36.0. The molecule has 2 aromatic carbocycles. The van der Waals surface area contributed by atoms with E-state index in [0.29, 0.717) is 43.0 Å². The molecular weight excluding hydrogens is 1080 g/mol. The van der Waals surface area contributed by atoms with Gasteiger partial charge in [-0.2, -0.15) is 0 Å². The number of benzene rings is 2. The van der Waals surface area contributed by atoms with Crippen LogP contribution in [0.4, 0.5) is 0 Å². The average molecular weight is 1160 g/mol. The van der Waals surface area contributed by atoms with Crippen LogP contribution in [0.5, 0.6) is 0 Å². The van der Waals surface area contributed by atoms with E-state index >= 15 is 0 Å². The smallest absolute Gasteiger partial charge is 1.00 e. The van der Waals surface area contributed by atoms with Gasteiger partial charge in [0.2, 0.25) is 0 Å². The molecule has 0 spiro atoms. The van der Waals surface area contributed by atoms with E-state index in [0.717, 1.165) is 94.1 Å².